The van der Waals surface area contributed by atoms with Gasteiger partial charge in [0, 0.05) is 6.07 Å². The Labute approximate surface area is 189 Å². The van der Waals surface area contributed by atoms with Crippen molar-refractivity contribution in [2.24, 2.45) is 0 Å². The smallest absolute Gasteiger partial charge is 0.231 e. The molecule has 0 saturated heterocycles. The standard InChI is InChI=1S/C28H28O4/c1-5-30-22-8-6-7-20(15-22)16-26-27(29)24-14-13-23(17-25(24)32-26)31-18-19-9-11-21(12-10-19)28(2,3)4/h6-17H,5,18H2,1-4H3/b26-16+. The second kappa shape index (κ2) is 8.91. The molecule has 0 saturated carbocycles. The number of fused-ring (bicyclic) bond motifs is 1. The van der Waals surface area contributed by atoms with Crippen LogP contribution in [0.4, 0.5) is 0 Å². The Morgan fingerprint density at radius 3 is 2.38 bits per heavy atom. The molecule has 3 aromatic rings. The van der Waals surface area contributed by atoms with Gasteiger partial charge in [0.1, 0.15) is 23.9 Å². The molecule has 0 radical (unpaired) electrons. The van der Waals surface area contributed by atoms with Crippen molar-refractivity contribution in [3.8, 4) is 17.2 Å². The summed E-state index contributed by atoms with van der Waals surface area (Å²) in [6.07, 6.45) is 1.74. The highest BCUT2D eigenvalue weighted by atomic mass is 16.5. The lowest BCUT2D eigenvalue weighted by atomic mass is 9.87. The predicted octanol–water partition coefficient (Wildman–Crippen LogP) is 6.58. The molecule has 0 aliphatic carbocycles. The lowest BCUT2D eigenvalue weighted by Crippen LogP contribution is -2.10. The van der Waals surface area contributed by atoms with Gasteiger partial charge in [-0.1, -0.05) is 57.2 Å². The number of carbonyl (C=O) groups excluding carboxylic acids is 1. The van der Waals surface area contributed by atoms with Crippen LogP contribution in [0.5, 0.6) is 17.2 Å². The van der Waals surface area contributed by atoms with Crippen LogP contribution in [-0.2, 0) is 12.0 Å². The van der Waals surface area contributed by atoms with Gasteiger partial charge in [0.25, 0.3) is 0 Å². The van der Waals surface area contributed by atoms with E-state index in [0.29, 0.717) is 36.0 Å². The number of hydrogen-bond acceptors (Lipinski definition) is 4. The second-order valence-corrected chi connectivity index (χ2v) is 8.84. The minimum absolute atomic E-state index is 0.124. The van der Waals surface area contributed by atoms with E-state index in [1.165, 1.54) is 5.56 Å². The zero-order valence-corrected chi connectivity index (χ0v) is 19.0. The summed E-state index contributed by atoms with van der Waals surface area (Å²) in [6, 6.07) is 21.4. The van der Waals surface area contributed by atoms with Gasteiger partial charge in [0.15, 0.2) is 5.76 Å². The largest absolute Gasteiger partial charge is 0.494 e. The SMILES string of the molecule is CCOc1cccc(/C=C2/Oc3cc(OCc4ccc(C(C)(C)C)cc4)ccc3C2=O)c1. The fourth-order valence-electron chi connectivity index (χ4n) is 3.54. The number of ketones is 1. The van der Waals surface area contributed by atoms with Gasteiger partial charge in [-0.15, -0.1) is 0 Å². The van der Waals surface area contributed by atoms with Crippen LogP contribution in [-0.4, -0.2) is 12.4 Å². The van der Waals surface area contributed by atoms with Gasteiger partial charge in [-0.3, -0.25) is 4.79 Å². The normalized spacial score (nSPS) is 14.2. The highest BCUT2D eigenvalue weighted by Gasteiger charge is 2.27. The third-order valence-corrected chi connectivity index (χ3v) is 5.33. The first-order valence-electron chi connectivity index (χ1n) is 10.9. The maximum absolute atomic E-state index is 12.7. The number of carbonyl (C=O) groups is 1. The molecule has 0 N–H and O–H groups in total. The Balaban J connectivity index is 1.45. The summed E-state index contributed by atoms with van der Waals surface area (Å²) in [7, 11) is 0. The molecule has 4 rings (SSSR count). The quantitative estimate of drug-likeness (QED) is 0.416. The van der Waals surface area contributed by atoms with Crippen LogP contribution in [0.15, 0.2) is 72.5 Å². The van der Waals surface area contributed by atoms with E-state index in [4.69, 9.17) is 14.2 Å². The van der Waals surface area contributed by atoms with Crippen molar-refractivity contribution in [1.29, 1.82) is 0 Å². The van der Waals surface area contributed by atoms with Crippen LogP contribution < -0.4 is 14.2 Å². The Morgan fingerprint density at radius 1 is 0.906 bits per heavy atom. The number of benzene rings is 3. The molecule has 0 atom stereocenters. The molecular formula is C28H28O4. The molecule has 32 heavy (non-hydrogen) atoms. The Bertz CT molecular complexity index is 1150. The van der Waals surface area contributed by atoms with Crippen LogP contribution in [0.2, 0.25) is 0 Å². The highest BCUT2D eigenvalue weighted by molar-refractivity contribution is 6.14. The minimum Gasteiger partial charge on any atom is -0.494 e. The molecule has 0 unspecified atom stereocenters. The average molecular weight is 429 g/mol. The maximum atomic E-state index is 12.7. The zero-order chi connectivity index (χ0) is 22.7. The summed E-state index contributed by atoms with van der Waals surface area (Å²) in [4.78, 5) is 12.7. The van der Waals surface area contributed by atoms with E-state index in [2.05, 4.69) is 45.0 Å². The number of rotatable bonds is 6. The van der Waals surface area contributed by atoms with E-state index in [-0.39, 0.29) is 11.2 Å². The van der Waals surface area contributed by atoms with Gasteiger partial charge < -0.3 is 14.2 Å². The van der Waals surface area contributed by atoms with Gasteiger partial charge >= 0.3 is 0 Å². The number of hydrogen-bond donors (Lipinski definition) is 0. The molecule has 4 heteroatoms. The lowest BCUT2D eigenvalue weighted by Gasteiger charge is -2.19. The summed E-state index contributed by atoms with van der Waals surface area (Å²) < 4.78 is 17.3. The average Bonchev–Trinajstić information content (AvgIpc) is 3.07. The fraction of sp³-hybridized carbons (Fsp3) is 0.250. The van der Waals surface area contributed by atoms with E-state index in [1.807, 2.05) is 37.3 Å². The summed E-state index contributed by atoms with van der Waals surface area (Å²) in [5, 5.41) is 0. The van der Waals surface area contributed by atoms with Crippen molar-refractivity contribution in [2.45, 2.75) is 39.7 Å². The van der Waals surface area contributed by atoms with Crippen molar-refractivity contribution in [3.05, 3.63) is 94.7 Å². The van der Waals surface area contributed by atoms with Crippen LogP contribution in [0.3, 0.4) is 0 Å². The number of Topliss-reactive ketones (excluding diaryl/α,β-unsaturated/α-hetero) is 1. The molecule has 4 nitrogen and oxygen atoms in total. The molecular weight excluding hydrogens is 400 g/mol. The van der Waals surface area contributed by atoms with E-state index >= 15 is 0 Å². The highest BCUT2D eigenvalue weighted by Crippen LogP contribution is 2.35. The molecule has 3 aromatic carbocycles. The first kappa shape index (κ1) is 21.7. The summed E-state index contributed by atoms with van der Waals surface area (Å²) in [5.74, 6) is 2.10. The molecule has 0 bridgehead atoms. The number of allylic oxidation sites excluding steroid dienone is 1. The van der Waals surface area contributed by atoms with E-state index in [1.54, 1.807) is 18.2 Å². The van der Waals surface area contributed by atoms with Crippen LogP contribution in [0.1, 0.15) is 54.7 Å². The topological polar surface area (TPSA) is 44.8 Å². The third-order valence-electron chi connectivity index (χ3n) is 5.33. The van der Waals surface area contributed by atoms with Crippen molar-refractivity contribution in [1.82, 2.24) is 0 Å². The van der Waals surface area contributed by atoms with Crippen LogP contribution >= 0.6 is 0 Å². The third kappa shape index (κ3) is 4.86. The Kier molecular flexibility index (Phi) is 6.04. The summed E-state index contributed by atoms with van der Waals surface area (Å²) in [6.45, 7) is 9.56. The van der Waals surface area contributed by atoms with Gasteiger partial charge in [0.2, 0.25) is 5.78 Å². The molecule has 0 amide bonds. The van der Waals surface area contributed by atoms with E-state index < -0.39 is 0 Å². The van der Waals surface area contributed by atoms with Crippen molar-refractivity contribution in [2.75, 3.05) is 6.61 Å². The maximum Gasteiger partial charge on any atom is 0.231 e. The molecule has 0 fully saturated rings. The predicted molar refractivity (Wildman–Crippen MR) is 126 cm³/mol. The second-order valence-electron chi connectivity index (χ2n) is 8.84. The minimum atomic E-state index is -0.133. The molecule has 1 aliphatic heterocycles. The lowest BCUT2D eigenvalue weighted by molar-refractivity contribution is 0.101. The summed E-state index contributed by atoms with van der Waals surface area (Å²) in [5.41, 5.74) is 3.89. The zero-order valence-electron chi connectivity index (χ0n) is 19.0. The van der Waals surface area contributed by atoms with E-state index in [0.717, 1.165) is 16.9 Å². The molecule has 0 spiro atoms. The first-order valence-corrected chi connectivity index (χ1v) is 10.9. The van der Waals surface area contributed by atoms with Gasteiger partial charge in [-0.2, -0.15) is 0 Å². The van der Waals surface area contributed by atoms with Crippen molar-refractivity contribution < 1.29 is 19.0 Å². The van der Waals surface area contributed by atoms with Crippen molar-refractivity contribution >= 4 is 11.9 Å². The molecule has 1 aliphatic rings. The van der Waals surface area contributed by atoms with E-state index in [9.17, 15) is 4.79 Å². The van der Waals surface area contributed by atoms with Crippen molar-refractivity contribution in [3.63, 3.8) is 0 Å². The van der Waals surface area contributed by atoms with Gasteiger partial charge in [-0.25, -0.2) is 0 Å². The molecule has 164 valence electrons. The monoisotopic (exact) mass is 428 g/mol. The Hall–Kier alpha value is -3.53. The van der Waals surface area contributed by atoms with Crippen LogP contribution in [0, 0.1) is 0 Å². The summed E-state index contributed by atoms with van der Waals surface area (Å²) >= 11 is 0. The fourth-order valence-corrected chi connectivity index (χ4v) is 3.54. The van der Waals surface area contributed by atoms with Crippen LogP contribution in [0.25, 0.3) is 6.08 Å². The first-order chi connectivity index (χ1) is 15.3. The van der Waals surface area contributed by atoms with Gasteiger partial charge in [-0.05, 0) is 59.4 Å². The van der Waals surface area contributed by atoms with Gasteiger partial charge in [0.05, 0.1) is 12.2 Å². The number of ether oxygens (including phenoxy) is 3. The Morgan fingerprint density at radius 2 is 1.66 bits per heavy atom. The molecule has 1 heterocycles. The molecule has 0 aromatic heterocycles.